The maximum atomic E-state index is 4.98. The molecule has 1 aliphatic carbocycles. The number of hydrogen-bond donors (Lipinski definition) is 3. The van der Waals surface area contributed by atoms with E-state index < -0.39 is 0 Å². The van der Waals surface area contributed by atoms with Crippen LogP contribution in [0.1, 0.15) is 42.9 Å². The van der Waals surface area contributed by atoms with Crippen LogP contribution in [0.5, 0.6) is 0 Å². The highest BCUT2D eigenvalue weighted by Crippen LogP contribution is 2.42. The van der Waals surface area contributed by atoms with Crippen LogP contribution in [0.3, 0.4) is 0 Å². The van der Waals surface area contributed by atoms with Crippen LogP contribution in [0.25, 0.3) is 22.4 Å². The Balaban J connectivity index is 1.14. The standard InChI is InChI=1S/C29H32N8/c1-2-4-21(5-3-1)23-10-13-36-19-24(34-28(36)14-23)17-32-27-15-26(31-16-20-8-11-30-12-9-20)35-29-25(22-6-7-22)18-33-37(27)29/h1-5,10,13-15,18-20,22,30,32H,6-9,11-12,16-17H2,(H,31,35). The maximum Gasteiger partial charge on any atom is 0.163 e. The Bertz CT molecular complexity index is 1530. The summed E-state index contributed by atoms with van der Waals surface area (Å²) >= 11 is 0. The zero-order chi connectivity index (χ0) is 24.6. The van der Waals surface area contributed by atoms with Gasteiger partial charge in [-0.1, -0.05) is 30.3 Å². The van der Waals surface area contributed by atoms with Crippen molar-refractivity contribution in [2.45, 2.75) is 38.1 Å². The van der Waals surface area contributed by atoms with E-state index in [0.717, 1.165) is 48.3 Å². The fraction of sp³-hybridized carbons (Fsp3) is 0.345. The highest BCUT2D eigenvalue weighted by molar-refractivity contribution is 5.67. The molecule has 1 saturated heterocycles. The Morgan fingerprint density at radius 1 is 0.919 bits per heavy atom. The van der Waals surface area contributed by atoms with Gasteiger partial charge >= 0.3 is 0 Å². The molecule has 0 bridgehead atoms. The molecular formula is C29H32N8. The molecule has 7 rings (SSSR count). The number of fused-ring (bicyclic) bond motifs is 2. The van der Waals surface area contributed by atoms with E-state index in [0.29, 0.717) is 18.4 Å². The van der Waals surface area contributed by atoms with Gasteiger partial charge in [0, 0.05) is 30.6 Å². The molecule has 2 fully saturated rings. The molecule has 3 N–H and O–H groups in total. The first-order chi connectivity index (χ1) is 18.3. The van der Waals surface area contributed by atoms with Crippen molar-refractivity contribution < 1.29 is 0 Å². The molecule has 0 spiro atoms. The lowest BCUT2D eigenvalue weighted by Gasteiger charge is -2.23. The van der Waals surface area contributed by atoms with Crippen molar-refractivity contribution >= 4 is 22.9 Å². The zero-order valence-corrected chi connectivity index (χ0v) is 20.9. The van der Waals surface area contributed by atoms with E-state index in [2.05, 4.69) is 75.2 Å². The summed E-state index contributed by atoms with van der Waals surface area (Å²) in [4.78, 5) is 9.87. The van der Waals surface area contributed by atoms with Gasteiger partial charge in [-0.25, -0.2) is 9.97 Å². The molecule has 188 valence electrons. The Morgan fingerprint density at radius 2 is 1.78 bits per heavy atom. The van der Waals surface area contributed by atoms with Crippen LogP contribution in [0.4, 0.5) is 11.6 Å². The third-order valence-corrected chi connectivity index (χ3v) is 7.61. The van der Waals surface area contributed by atoms with Gasteiger partial charge in [-0.15, -0.1) is 0 Å². The molecular weight excluding hydrogens is 460 g/mol. The van der Waals surface area contributed by atoms with Crippen molar-refractivity contribution in [1.82, 2.24) is 29.3 Å². The minimum Gasteiger partial charge on any atom is -0.370 e. The topological polar surface area (TPSA) is 83.6 Å². The quantitative estimate of drug-likeness (QED) is 0.284. The predicted octanol–water partition coefficient (Wildman–Crippen LogP) is 4.95. The minimum atomic E-state index is 0.592. The third-order valence-electron chi connectivity index (χ3n) is 7.61. The molecule has 5 aromatic rings. The molecule has 0 atom stereocenters. The summed E-state index contributed by atoms with van der Waals surface area (Å²) < 4.78 is 4.03. The van der Waals surface area contributed by atoms with E-state index >= 15 is 0 Å². The number of pyridine rings is 1. The average Bonchev–Trinajstić information content (AvgIpc) is 3.56. The summed E-state index contributed by atoms with van der Waals surface area (Å²) in [5.74, 6) is 3.13. The van der Waals surface area contributed by atoms with Gasteiger partial charge in [-0.05, 0) is 73.9 Å². The van der Waals surface area contributed by atoms with Crippen molar-refractivity contribution in [2.75, 3.05) is 30.3 Å². The van der Waals surface area contributed by atoms with Gasteiger partial charge in [-0.3, -0.25) is 0 Å². The fourth-order valence-corrected chi connectivity index (χ4v) is 5.32. The molecule has 0 radical (unpaired) electrons. The van der Waals surface area contributed by atoms with Crippen LogP contribution in [0.15, 0.2) is 67.1 Å². The summed E-state index contributed by atoms with van der Waals surface area (Å²) in [7, 11) is 0. The van der Waals surface area contributed by atoms with E-state index in [1.54, 1.807) is 0 Å². The van der Waals surface area contributed by atoms with Crippen LogP contribution < -0.4 is 16.0 Å². The normalized spacial score (nSPS) is 16.4. The number of benzene rings is 1. The second-order valence-electron chi connectivity index (χ2n) is 10.3. The first kappa shape index (κ1) is 22.3. The van der Waals surface area contributed by atoms with Crippen molar-refractivity contribution in [3.63, 3.8) is 0 Å². The van der Waals surface area contributed by atoms with Gasteiger partial charge in [0.15, 0.2) is 5.65 Å². The Labute approximate surface area is 216 Å². The smallest absolute Gasteiger partial charge is 0.163 e. The van der Waals surface area contributed by atoms with Crippen molar-refractivity contribution in [3.8, 4) is 11.1 Å². The summed E-state index contributed by atoms with van der Waals surface area (Å²) in [5.41, 5.74) is 6.51. The average molecular weight is 493 g/mol. The maximum absolute atomic E-state index is 4.98. The van der Waals surface area contributed by atoms with Crippen LogP contribution in [-0.2, 0) is 6.54 Å². The number of nitrogens with zero attached hydrogens (tertiary/aromatic N) is 5. The summed E-state index contributed by atoms with van der Waals surface area (Å²) in [6.07, 6.45) is 11.0. The van der Waals surface area contributed by atoms with Gasteiger partial charge in [0.1, 0.15) is 17.3 Å². The molecule has 2 aliphatic rings. The summed E-state index contributed by atoms with van der Waals surface area (Å²) in [6.45, 7) is 3.76. The number of aromatic nitrogens is 5. The lowest BCUT2D eigenvalue weighted by Crippen LogP contribution is -2.31. The van der Waals surface area contributed by atoms with Crippen LogP contribution in [-0.4, -0.2) is 43.6 Å². The van der Waals surface area contributed by atoms with Gasteiger partial charge in [-0.2, -0.15) is 9.61 Å². The molecule has 1 aliphatic heterocycles. The van der Waals surface area contributed by atoms with Crippen LogP contribution in [0, 0.1) is 5.92 Å². The van der Waals surface area contributed by atoms with Gasteiger partial charge in [0.25, 0.3) is 0 Å². The lowest BCUT2D eigenvalue weighted by atomic mass is 9.98. The van der Waals surface area contributed by atoms with Crippen molar-refractivity contribution in [1.29, 1.82) is 0 Å². The van der Waals surface area contributed by atoms with E-state index in [1.807, 2.05) is 16.8 Å². The van der Waals surface area contributed by atoms with Gasteiger partial charge < -0.3 is 20.4 Å². The van der Waals surface area contributed by atoms with E-state index in [-0.39, 0.29) is 0 Å². The Hall–Kier alpha value is -3.91. The van der Waals surface area contributed by atoms with Crippen molar-refractivity contribution in [3.05, 3.63) is 78.4 Å². The lowest BCUT2D eigenvalue weighted by molar-refractivity contribution is 0.389. The number of rotatable bonds is 8. The molecule has 8 heteroatoms. The highest BCUT2D eigenvalue weighted by atomic mass is 15.3. The summed E-state index contributed by atoms with van der Waals surface area (Å²) in [5, 5.41) is 15.4. The first-order valence-electron chi connectivity index (χ1n) is 13.4. The van der Waals surface area contributed by atoms with E-state index in [1.165, 1.54) is 42.4 Å². The number of anilines is 2. The van der Waals surface area contributed by atoms with E-state index in [9.17, 15) is 0 Å². The number of hydrogen-bond acceptors (Lipinski definition) is 6. The van der Waals surface area contributed by atoms with Crippen LogP contribution in [0.2, 0.25) is 0 Å². The fourth-order valence-electron chi connectivity index (χ4n) is 5.32. The minimum absolute atomic E-state index is 0.592. The Kier molecular flexibility index (Phi) is 5.74. The number of nitrogens with one attached hydrogen (secondary N) is 3. The van der Waals surface area contributed by atoms with Crippen LogP contribution >= 0.6 is 0 Å². The molecule has 8 nitrogen and oxygen atoms in total. The first-order valence-corrected chi connectivity index (χ1v) is 13.4. The second kappa shape index (κ2) is 9.52. The third kappa shape index (κ3) is 4.64. The predicted molar refractivity (Wildman–Crippen MR) is 147 cm³/mol. The Morgan fingerprint density at radius 3 is 2.62 bits per heavy atom. The van der Waals surface area contributed by atoms with Gasteiger partial charge in [0.2, 0.25) is 0 Å². The SMILES string of the molecule is c1ccc(-c2ccn3cc(CNc4cc(NCC5CCNCC5)nc5c(C6CC6)cnn45)nc3c2)cc1. The second-order valence-corrected chi connectivity index (χ2v) is 10.3. The molecule has 4 aromatic heterocycles. The zero-order valence-electron chi connectivity index (χ0n) is 20.9. The summed E-state index contributed by atoms with van der Waals surface area (Å²) in [6, 6.07) is 16.8. The van der Waals surface area contributed by atoms with Gasteiger partial charge in [0.05, 0.1) is 18.4 Å². The highest BCUT2D eigenvalue weighted by Gasteiger charge is 2.28. The molecule has 0 unspecified atom stereocenters. The molecule has 1 saturated carbocycles. The number of imidazole rings is 1. The molecule has 37 heavy (non-hydrogen) atoms. The molecule has 5 heterocycles. The van der Waals surface area contributed by atoms with E-state index in [4.69, 9.17) is 15.1 Å². The molecule has 1 aromatic carbocycles. The number of piperidine rings is 1. The monoisotopic (exact) mass is 492 g/mol. The largest absolute Gasteiger partial charge is 0.370 e. The molecule has 0 amide bonds. The van der Waals surface area contributed by atoms with Crippen molar-refractivity contribution in [2.24, 2.45) is 5.92 Å².